The van der Waals surface area contributed by atoms with Gasteiger partial charge >= 0.3 is 0 Å². The number of benzene rings is 1. The van der Waals surface area contributed by atoms with Crippen LogP contribution >= 0.6 is 0 Å². The van der Waals surface area contributed by atoms with Crippen molar-refractivity contribution in [1.29, 1.82) is 0 Å². The molecule has 0 bridgehead atoms. The van der Waals surface area contributed by atoms with Crippen LogP contribution in [0.2, 0.25) is 0 Å². The van der Waals surface area contributed by atoms with Gasteiger partial charge in [-0.05, 0) is 37.3 Å². The third-order valence-corrected chi connectivity index (χ3v) is 4.41. The number of furan rings is 1. The molecule has 6 nitrogen and oxygen atoms in total. The fourth-order valence-corrected chi connectivity index (χ4v) is 3.13. The molecule has 0 radical (unpaired) electrons. The number of pyridine rings is 1. The van der Waals surface area contributed by atoms with Crippen LogP contribution in [-0.4, -0.2) is 20.7 Å². The van der Waals surface area contributed by atoms with Crippen LogP contribution < -0.4 is 5.32 Å². The molecule has 0 aliphatic heterocycles. The number of fused-ring (bicyclic) bond motifs is 1. The van der Waals surface area contributed by atoms with Gasteiger partial charge < -0.3 is 9.73 Å². The molecule has 0 saturated carbocycles. The second-order valence-corrected chi connectivity index (χ2v) is 6.49. The lowest BCUT2D eigenvalue weighted by Gasteiger charge is -2.08. The minimum atomic E-state index is -2.79. The molecule has 0 aliphatic carbocycles. The first-order chi connectivity index (χ1) is 14.3. The molecule has 10 heteroatoms. The highest BCUT2D eigenvalue weighted by atomic mass is 19.3. The minimum absolute atomic E-state index is 0.0459. The zero-order valence-electron chi connectivity index (χ0n) is 15.5. The number of carbonyl (C=O) groups is 1. The van der Waals surface area contributed by atoms with E-state index in [0.717, 1.165) is 12.1 Å². The maximum absolute atomic E-state index is 13.7. The normalized spacial score (nSPS) is 11.4. The quantitative estimate of drug-likeness (QED) is 0.470. The maximum Gasteiger partial charge on any atom is 0.264 e. The van der Waals surface area contributed by atoms with Gasteiger partial charge in [-0.2, -0.15) is 5.10 Å². The van der Waals surface area contributed by atoms with Crippen molar-refractivity contribution >= 4 is 22.6 Å². The molecule has 0 atom stereocenters. The van der Waals surface area contributed by atoms with Crippen molar-refractivity contribution in [3.63, 3.8) is 0 Å². The van der Waals surface area contributed by atoms with Crippen LogP contribution in [-0.2, 0) is 11.3 Å². The first-order valence-electron chi connectivity index (χ1n) is 8.78. The van der Waals surface area contributed by atoms with Crippen molar-refractivity contribution in [2.45, 2.75) is 19.9 Å². The van der Waals surface area contributed by atoms with Crippen LogP contribution in [0.4, 0.5) is 23.2 Å². The Bertz CT molecular complexity index is 1240. The predicted molar refractivity (Wildman–Crippen MR) is 99.9 cm³/mol. The fraction of sp³-hybridized carbons (Fsp3) is 0.150. The standard InChI is InChI=1S/C20H14F4N4O2/c1-10-18-12(19(23)24)8-15(16-3-2-6-30-16)26-20(18)28(27-10)9-17(29)25-11-4-5-13(21)14(22)7-11/h2-8,19H,9H2,1H3,(H,25,29). The molecule has 0 unspecified atom stereocenters. The highest BCUT2D eigenvalue weighted by Crippen LogP contribution is 2.33. The van der Waals surface area contributed by atoms with Crippen molar-refractivity contribution in [2.75, 3.05) is 5.32 Å². The number of hydrogen-bond acceptors (Lipinski definition) is 4. The molecule has 3 aromatic heterocycles. The fourth-order valence-electron chi connectivity index (χ4n) is 3.13. The molecule has 1 amide bonds. The van der Waals surface area contributed by atoms with Gasteiger partial charge in [0.1, 0.15) is 12.2 Å². The summed E-state index contributed by atoms with van der Waals surface area (Å²) in [6.45, 7) is 1.16. The van der Waals surface area contributed by atoms with E-state index in [1.54, 1.807) is 12.1 Å². The van der Waals surface area contributed by atoms with E-state index >= 15 is 0 Å². The van der Waals surface area contributed by atoms with Crippen LogP contribution in [0.1, 0.15) is 17.7 Å². The Kier molecular flexibility index (Phi) is 4.98. The Hall–Kier alpha value is -3.69. The van der Waals surface area contributed by atoms with E-state index in [9.17, 15) is 22.4 Å². The third-order valence-electron chi connectivity index (χ3n) is 4.41. The Labute approximate surface area is 167 Å². The van der Waals surface area contributed by atoms with E-state index in [-0.39, 0.29) is 46.0 Å². The lowest BCUT2D eigenvalue weighted by molar-refractivity contribution is -0.116. The molecule has 0 aliphatic rings. The number of rotatable bonds is 5. The Balaban J connectivity index is 1.71. The molecule has 1 aromatic carbocycles. The van der Waals surface area contributed by atoms with E-state index < -0.39 is 24.0 Å². The number of nitrogens with one attached hydrogen (secondary N) is 1. The van der Waals surface area contributed by atoms with E-state index in [2.05, 4.69) is 15.4 Å². The molecule has 1 N–H and O–H groups in total. The molecule has 0 spiro atoms. The molecule has 4 rings (SSSR count). The van der Waals surface area contributed by atoms with E-state index in [1.807, 2.05) is 0 Å². The van der Waals surface area contributed by atoms with E-state index in [1.165, 1.54) is 30.0 Å². The van der Waals surface area contributed by atoms with E-state index in [0.29, 0.717) is 0 Å². The average Bonchev–Trinajstić information content (AvgIpc) is 3.33. The molecular weight excluding hydrogens is 404 g/mol. The van der Waals surface area contributed by atoms with Crippen molar-refractivity contribution in [2.24, 2.45) is 0 Å². The van der Waals surface area contributed by atoms with Gasteiger partial charge in [-0.25, -0.2) is 27.2 Å². The third kappa shape index (κ3) is 3.63. The second kappa shape index (κ2) is 7.62. The largest absolute Gasteiger partial charge is 0.463 e. The SMILES string of the molecule is Cc1nn(CC(=O)Nc2ccc(F)c(F)c2)c2nc(-c3ccco3)cc(C(F)F)c12. The van der Waals surface area contributed by atoms with Gasteiger partial charge in [0.25, 0.3) is 6.43 Å². The number of carbonyl (C=O) groups excluding carboxylic acids is 1. The van der Waals surface area contributed by atoms with Gasteiger partial charge in [0, 0.05) is 17.3 Å². The topological polar surface area (TPSA) is 73.0 Å². The smallest absolute Gasteiger partial charge is 0.264 e. The summed E-state index contributed by atoms with van der Waals surface area (Å²) < 4.78 is 60.2. The van der Waals surface area contributed by atoms with Gasteiger partial charge in [-0.15, -0.1) is 0 Å². The highest BCUT2D eigenvalue weighted by molar-refractivity contribution is 5.92. The van der Waals surface area contributed by atoms with Gasteiger partial charge in [0.2, 0.25) is 5.91 Å². The van der Waals surface area contributed by atoms with Crippen molar-refractivity contribution in [1.82, 2.24) is 14.8 Å². The monoisotopic (exact) mass is 418 g/mol. The van der Waals surface area contributed by atoms with Crippen molar-refractivity contribution in [3.8, 4) is 11.5 Å². The summed E-state index contributed by atoms with van der Waals surface area (Å²) in [5.74, 6) is -2.49. The molecule has 0 fully saturated rings. The Morgan fingerprint density at radius 1 is 1.20 bits per heavy atom. The summed E-state index contributed by atoms with van der Waals surface area (Å²) in [4.78, 5) is 16.7. The Morgan fingerprint density at radius 3 is 2.67 bits per heavy atom. The summed E-state index contributed by atoms with van der Waals surface area (Å²) in [5, 5.41) is 6.71. The van der Waals surface area contributed by atoms with Crippen LogP contribution in [0, 0.1) is 18.6 Å². The van der Waals surface area contributed by atoms with Crippen molar-refractivity contribution < 1.29 is 26.8 Å². The summed E-state index contributed by atoms with van der Waals surface area (Å²) in [6, 6.07) is 7.32. The number of amides is 1. The molecule has 30 heavy (non-hydrogen) atoms. The molecule has 3 heterocycles. The number of anilines is 1. The van der Waals surface area contributed by atoms with Gasteiger partial charge in [0.15, 0.2) is 23.0 Å². The summed E-state index contributed by atoms with van der Waals surface area (Å²) in [7, 11) is 0. The first kappa shape index (κ1) is 19.6. The highest BCUT2D eigenvalue weighted by Gasteiger charge is 2.22. The number of nitrogens with zero attached hydrogens (tertiary/aromatic N) is 3. The van der Waals surface area contributed by atoms with Crippen molar-refractivity contribution in [3.05, 3.63) is 65.6 Å². The Morgan fingerprint density at radius 2 is 2.00 bits per heavy atom. The number of hydrogen-bond donors (Lipinski definition) is 1. The zero-order valence-corrected chi connectivity index (χ0v) is 15.5. The number of aromatic nitrogens is 3. The first-order valence-corrected chi connectivity index (χ1v) is 8.78. The lowest BCUT2D eigenvalue weighted by atomic mass is 10.1. The van der Waals surface area contributed by atoms with Crippen LogP contribution in [0.15, 0.2) is 47.1 Å². The summed E-state index contributed by atoms with van der Waals surface area (Å²) in [5.41, 5.74) is 0.294. The molecule has 154 valence electrons. The second-order valence-electron chi connectivity index (χ2n) is 6.49. The predicted octanol–water partition coefficient (Wildman–Crippen LogP) is 4.85. The van der Waals surface area contributed by atoms with Gasteiger partial charge in [-0.1, -0.05) is 0 Å². The van der Waals surface area contributed by atoms with Crippen LogP contribution in [0.25, 0.3) is 22.5 Å². The molecule has 4 aromatic rings. The zero-order chi connectivity index (χ0) is 21.4. The van der Waals surface area contributed by atoms with E-state index in [4.69, 9.17) is 4.42 Å². The lowest BCUT2D eigenvalue weighted by Crippen LogP contribution is -2.20. The number of aryl methyl sites for hydroxylation is 1. The average molecular weight is 418 g/mol. The van der Waals surface area contributed by atoms with Gasteiger partial charge in [-0.3, -0.25) is 4.79 Å². The maximum atomic E-state index is 13.7. The summed E-state index contributed by atoms with van der Waals surface area (Å²) >= 11 is 0. The molecular formula is C20H14F4N4O2. The van der Waals surface area contributed by atoms with Crippen LogP contribution in [0.3, 0.4) is 0 Å². The minimum Gasteiger partial charge on any atom is -0.463 e. The number of halogens is 4. The number of alkyl halides is 2. The van der Waals surface area contributed by atoms with Gasteiger partial charge in [0.05, 0.1) is 17.3 Å². The van der Waals surface area contributed by atoms with Crippen LogP contribution in [0.5, 0.6) is 0 Å². The summed E-state index contributed by atoms with van der Waals surface area (Å²) in [6.07, 6.45) is -1.40. The molecule has 0 saturated heterocycles.